The van der Waals surface area contributed by atoms with Gasteiger partial charge in [0.2, 0.25) is 0 Å². The van der Waals surface area contributed by atoms with Gasteiger partial charge >= 0.3 is 0 Å². The maximum Gasteiger partial charge on any atom is 0.271 e. The molecule has 1 unspecified atom stereocenters. The smallest absolute Gasteiger partial charge is 0.271 e. The van der Waals surface area contributed by atoms with Crippen LogP contribution in [0.15, 0.2) is 47.5 Å². The van der Waals surface area contributed by atoms with Crippen molar-refractivity contribution >= 4 is 28.6 Å². The van der Waals surface area contributed by atoms with E-state index in [0.29, 0.717) is 28.6 Å². The highest BCUT2D eigenvalue weighted by atomic mass is 16.6. The van der Waals surface area contributed by atoms with Gasteiger partial charge in [-0.2, -0.15) is 0 Å². The van der Waals surface area contributed by atoms with E-state index < -0.39 is 4.92 Å². The Morgan fingerprint density at radius 3 is 2.91 bits per heavy atom. The molecule has 7 nitrogen and oxygen atoms in total. The Hall–Kier alpha value is -3.09. The number of rotatable bonds is 2. The predicted molar refractivity (Wildman–Crippen MR) is 84.8 cm³/mol. The van der Waals surface area contributed by atoms with Gasteiger partial charge in [-0.15, -0.1) is 0 Å². The van der Waals surface area contributed by atoms with E-state index in [4.69, 9.17) is 10.5 Å². The molecule has 2 aromatic rings. The van der Waals surface area contributed by atoms with Gasteiger partial charge in [0.1, 0.15) is 17.3 Å². The van der Waals surface area contributed by atoms with Crippen LogP contribution in [0.3, 0.4) is 0 Å². The van der Waals surface area contributed by atoms with Crippen molar-refractivity contribution in [2.45, 2.75) is 13.0 Å². The van der Waals surface area contributed by atoms with Crippen LogP contribution in [-0.4, -0.2) is 16.9 Å². The van der Waals surface area contributed by atoms with Gasteiger partial charge in [-0.1, -0.05) is 6.07 Å². The first kappa shape index (κ1) is 13.9. The molecule has 0 spiro atoms. The zero-order valence-corrected chi connectivity index (χ0v) is 11.8. The van der Waals surface area contributed by atoms with Crippen molar-refractivity contribution in [3.05, 3.63) is 52.6 Å². The molecule has 0 saturated heterocycles. The van der Waals surface area contributed by atoms with Crippen LogP contribution >= 0.6 is 0 Å². The number of nitro groups is 1. The Bertz CT molecular complexity index is 773. The Morgan fingerprint density at radius 2 is 2.14 bits per heavy atom. The summed E-state index contributed by atoms with van der Waals surface area (Å²) in [6.45, 7) is 1.85. The minimum Gasteiger partial charge on any atom is -0.481 e. The second-order valence-electron chi connectivity index (χ2n) is 4.92. The Labute approximate surface area is 126 Å². The van der Waals surface area contributed by atoms with Gasteiger partial charge in [0, 0.05) is 23.5 Å². The zero-order valence-electron chi connectivity index (χ0n) is 11.8. The fourth-order valence-electron chi connectivity index (χ4n) is 2.16. The van der Waals surface area contributed by atoms with E-state index in [-0.39, 0.29) is 11.8 Å². The van der Waals surface area contributed by atoms with Crippen LogP contribution in [0.25, 0.3) is 0 Å². The number of nitrogens with one attached hydrogen (secondary N) is 1. The van der Waals surface area contributed by atoms with Gasteiger partial charge in [0.15, 0.2) is 6.10 Å². The molecule has 0 amide bonds. The number of nitrogens with two attached hydrogens (primary N) is 1. The molecule has 0 aliphatic carbocycles. The van der Waals surface area contributed by atoms with Crippen LogP contribution < -0.4 is 15.8 Å². The van der Waals surface area contributed by atoms with Gasteiger partial charge in [0.25, 0.3) is 5.69 Å². The maximum absolute atomic E-state index is 10.8. The van der Waals surface area contributed by atoms with Gasteiger partial charge in [0.05, 0.1) is 4.92 Å². The molecule has 0 radical (unpaired) electrons. The van der Waals surface area contributed by atoms with Crippen molar-refractivity contribution in [3.8, 4) is 5.75 Å². The molecule has 3 N–H and O–H groups in total. The number of nitro benzene ring substituents is 1. The number of anilines is 2. The summed E-state index contributed by atoms with van der Waals surface area (Å²) in [6, 6.07) is 11.5. The highest BCUT2D eigenvalue weighted by molar-refractivity contribution is 6.01. The van der Waals surface area contributed by atoms with Gasteiger partial charge in [-0.25, -0.2) is 4.99 Å². The van der Waals surface area contributed by atoms with Crippen LogP contribution in [0.2, 0.25) is 0 Å². The standard InChI is InChI=1S/C15H14N4O3/c1-9-15(17-11-3-2-4-12(8-11)19(20)21)18-13-7-10(16)5-6-14(13)22-9/h2-9H,16H2,1H3,(H,17,18). The third kappa shape index (κ3) is 2.69. The lowest BCUT2D eigenvalue weighted by Gasteiger charge is -2.24. The maximum atomic E-state index is 10.8. The molecule has 3 rings (SSSR count). The van der Waals surface area contributed by atoms with Crippen molar-refractivity contribution in [1.82, 2.24) is 0 Å². The summed E-state index contributed by atoms with van der Waals surface area (Å²) in [4.78, 5) is 14.9. The summed E-state index contributed by atoms with van der Waals surface area (Å²) < 4.78 is 5.77. The monoisotopic (exact) mass is 298 g/mol. The molecule has 1 heterocycles. The predicted octanol–water partition coefficient (Wildman–Crippen LogP) is 3.10. The minimum absolute atomic E-state index is 0.0135. The third-order valence-electron chi connectivity index (χ3n) is 3.24. The van der Waals surface area contributed by atoms with E-state index in [1.807, 2.05) is 6.92 Å². The molecular weight excluding hydrogens is 284 g/mol. The molecule has 112 valence electrons. The van der Waals surface area contributed by atoms with Crippen molar-refractivity contribution in [3.63, 3.8) is 0 Å². The number of aliphatic imine (C=N–C) groups is 1. The Balaban J connectivity index is 1.91. The molecular formula is C15H14N4O3. The van der Waals surface area contributed by atoms with E-state index in [9.17, 15) is 10.1 Å². The van der Waals surface area contributed by atoms with Crippen LogP contribution in [-0.2, 0) is 0 Å². The average molecular weight is 298 g/mol. The van der Waals surface area contributed by atoms with Crippen molar-refractivity contribution < 1.29 is 9.66 Å². The van der Waals surface area contributed by atoms with Crippen molar-refractivity contribution in [1.29, 1.82) is 0 Å². The average Bonchev–Trinajstić information content (AvgIpc) is 2.49. The van der Waals surface area contributed by atoms with Gasteiger partial charge < -0.3 is 15.8 Å². The number of nitrogen functional groups attached to an aromatic ring is 1. The summed E-state index contributed by atoms with van der Waals surface area (Å²) in [5.41, 5.74) is 7.56. The van der Waals surface area contributed by atoms with E-state index in [1.54, 1.807) is 30.3 Å². The summed E-state index contributed by atoms with van der Waals surface area (Å²) in [7, 11) is 0. The van der Waals surface area contributed by atoms with Crippen molar-refractivity contribution in [2.24, 2.45) is 4.99 Å². The lowest BCUT2D eigenvalue weighted by Crippen LogP contribution is -2.32. The highest BCUT2D eigenvalue weighted by Gasteiger charge is 2.21. The number of nitrogens with zero attached hydrogens (tertiary/aromatic N) is 2. The molecule has 0 aromatic heterocycles. The first-order valence-electron chi connectivity index (χ1n) is 6.69. The van der Waals surface area contributed by atoms with E-state index in [2.05, 4.69) is 10.3 Å². The quantitative estimate of drug-likeness (QED) is 0.504. The second-order valence-corrected chi connectivity index (χ2v) is 4.92. The van der Waals surface area contributed by atoms with Crippen LogP contribution in [0, 0.1) is 10.1 Å². The van der Waals surface area contributed by atoms with E-state index in [0.717, 1.165) is 0 Å². The zero-order chi connectivity index (χ0) is 15.7. The highest BCUT2D eigenvalue weighted by Crippen LogP contribution is 2.34. The summed E-state index contributed by atoms with van der Waals surface area (Å²) >= 11 is 0. The molecule has 0 fully saturated rings. The number of benzene rings is 2. The largest absolute Gasteiger partial charge is 0.481 e. The SMILES string of the molecule is CC1Oc2ccc(N)cc2N=C1Nc1cccc([N+](=O)[O-])c1. The first-order valence-corrected chi connectivity index (χ1v) is 6.69. The molecule has 7 heteroatoms. The fourth-order valence-corrected chi connectivity index (χ4v) is 2.16. The molecule has 0 bridgehead atoms. The topological polar surface area (TPSA) is 103 Å². The Morgan fingerprint density at radius 1 is 1.32 bits per heavy atom. The van der Waals surface area contributed by atoms with Crippen LogP contribution in [0.4, 0.5) is 22.7 Å². The number of hydrogen-bond acceptors (Lipinski definition) is 6. The molecule has 1 aliphatic heterocycles. The van der Waals surface area contributed by atoms with Crippen molar-refractivity contribution in [2.75, 3.05) is 11.1 Å². The van der Waals surface area contributed by atoms with Gasteiger partial charge in [-0.05, 0) is 31.2 Å². The summed E-state index contributed by atoms with van der Waals surface area (Å²) in [5.74, 6) is 1.23. The second kappa shape index (κ2) is 5.36. The lowest BCUT2D eigenvalue weighted by atomic mass is 10.2. The van der Waals surface area contributed by atoms with Crippen LogP contribution in [0.1, 0.15) is 6.92 Å². The van der Waals surface area contributed by atoms with E-state index >= 15 is 0 Å². The summed E-state index contributed by atoms with van der Waals surface area (Å²) in [5, 5.41) is 13.9. The van der Waals surface area contributed by atoms with Gasteiger partial charge in [-0.3, -0.25) is 10.1 Å². The lowest BCUT2D eigenvalue weighted by molar-refractivity contribution is -0.384. The fraction of sp³-hybridized carbons (Fsp3) is 0.133. The number of amidine groups is 1. The molecule has 1 aliphatic rings. The van der Waals surface area contributed by atoms with E-state index in [1.165, 1.54) is 12.1 Å². The summed E-state index contributed by atoms with van der Waals surface area (Å²) in [6.07, 6.45) is -0.296. The normalized spacial score (nSPS) is 16.2. The third-order valence-corrected chi connectivity index (χ3v) is 3.24. The molecule has 1 atom stereocenters. The molecule has 2 aromatic carbocycles. The number of non-ortho nitro benzene ring substituents is 1. The molecule has 22 heavy (non-hydrogen) atoms. The first-order chi connectivity index (χ1) is 10.5. The number of ether oxygens (including phenoxy) is 1. The number of hydrogen-bond donors (Lipinski definition) is 2. The number of fused-ring (bicyclic) bond motifs is 1. The Kier molecular flexibility index (Phi) is 3.38. The minimum atomic E-state index is -0.441. The van der Waals surface area contributed by atoms with Crippen LogP contribution in [0.5, 0.6) is 5.75 Å². The molecule has 0 saturated carbocycles.